The first-order valence-corrected chi connectivity index (χ1v) is 7.14. The number of carbonyl (C=O) groups excluding carboxylic acids is 1. The lowest BCUT2D eigenvalue weighted by Gasteiger charge is -2.34. The van der Waals surface area contributed by atoms with E-state index in [-0.39, 0.29) is 5.91 Å². The summed E-state index contributed by atoms with van der Waals surface area (Å²) in [5, 5.41) is 2.93. The molecule has 2 rings (SSSR count). The molecular formula is C14H18BrNO2. The lowest BCUT2D eigenvalue weighted by Crippen LogP contribution is -2.33. The second-order valence-corrected chi connectivity index (χ2v) is 5.50. The number of carbonyl (C=O) groups is 1. The summed E-state index contributed by atoms with van der Waals surface area (Å²) in [5.41, 5.74) is 0.836. The Morgan fingerprint density at radius 2 is 2.17 bits per heavy atom. The molecule has 1 N–H and O–H groups in total. The van der Waals surface area contributed by atoms with Crippen LogP contribution in [0.3, 0.4) is 0 Å². The fraction of sp³-hybridized carbons (Fsp3) is 0.500. The number of ether oxygens (including phenoxy) is 1. The van der Waals surface area contributed by atoms with Crippen LogP contribution in [-0.4, -0.2) is 18.6 Å². The van der Waals surface area contributed by atoms with E-state index >= 15 is 0 Å². The third kappa shape index (κ3) is 3.56. The van der Waals surface area contributed by atoms with Crippen molar-refractivity contribution >= 4 is 27.5 Å². The van der Waals surface area contributed by atoms with Gasteiger partial charge < -0.3 is 10.1 Å². The lowest BCUT2D eigenvalue weighted by atomic mass is 9.80. The van der Waals surface area contributed by atoms with Crippen LogP contribution in [0.25, 0.3) is 0 Å². The van der Waals surface area contributed by atoms with E-state index in [1.54, 1.807) is 0 Å². The second kappa shape index (κ2) is 6.34. The van der Waals surface area contributed by atoms with Gasteiger partial charge in [-0.15, -0.1) is 0 Å². The van der Waals surface area contributed by atoms with Crippen LogP contribution >= 0.6 is 15.9 Å². The Labute approximate surface area is 116 Å². The smallest absolute Gasteiger partial charge is 0.224 e. The highest BCUT2D eigenvalue weighted by atomic mass is 79.9. The number of para-hydroxylation sites is 1. The highest BCUT2D eigenvalue weighted by Gasteiger charge is 2.31. The molecule has 0 saturated heterocycles. The Morgan fingerprint density at radius 1 is 1.44 bits per heavy atom. The zero-order valence-electron chi connectivity index (χ0n) is 10.5. The predicted octanol–water partition coefficient (Wildman–Crippen LogP) is 3.59. The molecule has 0 heterocycles. The maximum absolute atomic E-state index is 11.9. The number of amides is 1. The summed E-state index contributed by atoms with van der Waals surface area (Å²) >= 11 is 3.42. The molecule has 0 bridgehead atoms. The van der Waals surface area contributed by atoms with Gasteiger partial charge in [0.25, 0.3) is 0 Å². The molecule has 1 aromatic carbocycles. The standard InChI is InChI=1S/C14H18BrNO2/c1-2-18-11-7-10(8-11)9-14(17)16-13-6-4-3-5-12(13)15/h3-6,10-11H,2,7-9H2,1H3,(H,16,17). The van der Waals surface area contributed by atoms with Gasteiger partial charge in [-0.25, -0.2) is 0 Å². The summed E-state index contributed by atoms with van der Waals surface area (Å²) in [6.45, 7) is 2.77. The SMILES string of the molecule is CCOC1CC(CC(=O)Nc2ccccc2Br)C1. The summed E-state index contributed by atoms with van der Waals surface area (Å²) in [4.78, 5) is 11.9. The van der Waals surface area contributed by atoms with Crippen molar-refractivity contribution in [3.63, 3.8) is 0 Å². The van der Waals surface area contributed by atoms with Crippen LogP contribution < -0.4 is 5.32 Å². The minimum atomic E-state index is 0.0850. The minimum Gasteiger partial charge on any atom is -0.378 e. The molecule has 1 aliphatic carbocycles. The first-order valence-electron chi connectivity index (χ1n) is 6.35. The third-order valence-electron chi connectivity index (χ3n) is 3.22. The van der Waals surface area contributed by atoms with Crippen LogP contribution in [0.2, 0.25) is 0 Å². The summed E-state index contributed by atoms with van der Waals surface area (Å²) in [6.07, 6.45) is 2.98. The van der Waals surface area contributed by atoms with E-state index in [4.69, 9.17) is 4.74 Å². The highest BCUT2D eigenvalue weighted by Crippen LogP contribution is 2.33. The van der Waals surface area contributed by atoms with Crippen molar-refractivity contribution in [1.29, 1.82) is 0 Å². The van der Waals surface area contributed by atoms with Crippen LogP contribution in [-0.2, 0) is 9.53 Å². The molecule has 0 unspecified atom stereocenters. The van der Waals surface area contributed by atoms with Crippen molar-refractivity contribution in [1.82, 2.24) is 0 Å². The molecule has 18 heavy (non-hydrogen) atoms. The summed E-state index contributed by atoms with van der Waals surface area (Å²) in [6, 6.07) is 7.66. The molecule has 0 spiro atoms. The molecule has 4 heteroatoms. The third-order valence-corrected chi connectivity index (χ3v) is 3.91. The molecule has 1 fully saturated rings. The quantitative estimate of drug-likeness (QED) is 0.902. The molecule has 1 aromatic rings. The van der Waals surface area contributed by atoms with E-state index in [9.17, 15) is 4.79 Å². The van der Waals surface area contributed by atoms with Crippen LogP contribution in [0.1, 0.15) is 26.2 Å². The Kier molecular flexibility index (Phi) is 4.78. The van der Waals surface area contributed by atoms with Gasteiger partial charge in [-0.1, -0.05) is 12.1 Å². The molecule has 0 aliphatic heterocycles. The van der Waals surface area contributed by atoms with E-state index in [2.05, 4.69) is 21.2 Å². The van der Waals surface area contributed by atoms with E-state index in [1.807, 2.05) is 31.2 Å². The molecule has 3 nitrogen and oxygen atoms in total. The normalized spacial score (nSPS) is 22.3. The number of hydrogen-bond acceptors (Lipinski definition) is 2. The fourth-order valence-corrected chi connectivity index (χ4v) is 2.62. The average Bonchev–Trinajstić information content (AvgIpc) is 2.29. The van der Waals surface area contributed by atoms with Crippen molar-refractivity contribution in [3.05, 3.63) is 28.7 Å². The number of nitrogens with one attached hydrogen (secondary N) is 1. The monoisotopic (exact) mass is 311 g/mol. The first kappa shape index (κ1) is 13.6. The minimum absolute atomic E-state index is 0.0850. The Bertz CT molecular complexity index is 416. The molecule has 1 amide bonds. The van der Waals surface area contributed by atoms with E-state index in [0.29, 0.717) is 18.4 Å². The van der Waals surface area contributed by atoms with Crippen LogP contribution in [0.15, 0.2) is 28.7 Å². The van der Waals surface area contributed by atoms with Gasteiger partial charge in [0.15, 0.2) is 0 Å². The van der Waals surface area contributed by atoms with Crippen molar-refractivity contribution < 1.29 is 9.53 Å². The van der Waals surface area contributed by atoms with E-state index in [0.717, 1.165) is 29.6 Å². The number of rotatable bonds is 5. The van der Waals surface area contributed by atoms with Gasteiger partial charge in [0.05, 0.1) is 11.8 Å². The number of halogens is 1. The Hall–Kier alpha value is -0.870. The highest BCUT2D eigenvalue weighted by molar-refractivity contribution is 9.10. The molecule has 98 valence electrons. The van der Waals surface area contributed by atoms with Crippen molar-refractivity contribution in [2.45, 2.75) is 32.3 Å². The van der Waals surface area contributed by atoms with Crippen molar-refractivity contribution in [2.24, 2.45) is 5.92 Å². The molecule has 0 atom stereocenters. The van der Waals surface area contributed by atoms with Gasteiger partial charge in [0.2, 0.25) is 5.91 Å². The maximum atomic E-state index is 11.9. The predicted molar refractivity (Wildman–Crippen MR) is 75.5 cm³/mol. The Balaban J connectivity index is 1.75. The maximum Gasteiger partial charge on any atom is 0.224 e. The number of anilines is 1. The zero-order chi connectivity index (χ0) is 13.0. The van der Waals surface area contributed by atoms with Crippen LogP contribution in [0.5, 0.6) is 0 Å². The molecule has 0 radical (unpaired) electrons. The largest absolute Gasteiger partial charge is 0.378 e. The number of hydrogen-bond donors (Lipinski definition) is 1. The molecule has 1 aliphatic rings. The van der Waals surface area contributed by atoms with Gasteiger partial charge in [0, 0.05) is 17.5 Å². The summed E-state index contributed by atoms with van der Waals surface area (Å²) < 4.78 is 6.40. The first-order chi connectivity index (χ1) is 8.69. The van der Waals surface area contributed by atoms with E-state index < -0.39 is 0 Å². The van der Waals surface area contributed by atoms with Gasteiger partial charge in [-0.3, -0.25) is 4.79 Å². The summed E-state index contributed by atoms with van der Waals surface area (Å²) in [5.74, 6) is 0.561. The zero-order valence-corrected chi connectivity index (χ0v) is 12.1. The van der Waals surface area contributed by atoms with Gasteiger partial charge in [-0.2, -0.15) is 0 Å². The lowest BCUT2D eigenvalue weighted by molar-refractivity contribution is -0.119. The van der Waals surface area contributed by atoms with Crippen LogP contribution in [0.4, 0.5) is 5.69 Å². The molecule has 1 saturated carbocycles. The average molecular weight is 312 g/mol. The Morgan fingerprint density at radius 3 is 2.83 bits per heavy atom. The van der Waals surface area contributed by atoms with Crippen LogP contribution in [0, 0.1) is 5.92 Å². The fourth-order valence-electron chi connectivity index (χ4n) is 2.24. The van der Waals surface area contributed by atoms with Crippen molar-refractivity contribution in [3.8, 4) is 0 Å². The molecular weight excluding hydrogens is 294 g/mol. The van der Waals surface area contributed by atoms with Gasteiger partial charge >= 0.3 is 0 Å². The molecule has 0 aromatic heterocycles. The van der Waals surface area contributed by atoms with E-state index in [1.165, 1.54) is 0 Å². The van der Waals surface area contributed by atoms with Crippen molar-refractivity contribution in [2.75, 3.05) is 11.9 Å². The van der Waals surface area contributed by atoms with Gasteiger partial charge in [0.1, 0.15) is 0 Å². The topological polar surface area (TPSA) is 38.3 Å². The van der Waals surface area contributed by atoms with Gasteiger partial charge in [-0.05, 0) is 53.7 Å². The second-order valence-electron chi connectivity index (χ2n) is 4.65. The number of benzene rings is 1. The summed E-state index contributed by atoms with van der Waals surface area (Å²) in [7, 11) is 0.